The molecule has 6 nitrogen and oxygen atoms in total. The van der Waals surface area contributed by atoms with Gasteiger partial charge in [0, 0.05) is 12.3 Å². The van der Waals surface area contributed by atoms with Gasteiger partial charge in [-0.1, -0.05) is 6.07 Å². The summed E-state index contributed by atoms with van der Waals surface area (Å²) in [5.74, 6) is -1.51. The first kappa shape index (κ1) is 18.4. The lowest BCUT2D eigenvalue weighted by Gasteiger charge is -2.10. The standard InChI is InChI=1S/C19H17F2N3O3/c1-12-3-5-18(26-2)16(9-12)22-19(25)15-7-8-24(23-15)11-27-17-6-4-13(20)10-14(17)21/h3-10H,11H2,1-2H3,(H,22,25). The first-order chi connectivity index (χ1) is 13.0. The number of methoxy groups -OCH3 is 1. The Labute approximate surface area is 154 Å². The maximum atomic E-state index is 13.6. The van der Waals surface area contributed by atoms with Crippen LogP contribution < -0.4 is 14.8 Å². The number of carbonyl (C=O) groups excluding carboxylic acids is 1. The van der Waals surface area contributed by atoms with Gasteiger partial charge in [0.2, 0.25) is 0 Å². The summed E-state index contributed by atoms with van der Waals surface area (Å²) in [5, 5.41) is 6.83. The molecule has 1 N–H and O–H groups in total. The molecule has 0 aliphatic rings. The number of hydrogen-bond donors (Lipinski definition) is 1. The molecule has 0 spiro atoms. The van der Waals surface area contributed by atoms with Crippen molar-refractivity contribution in [3.8, 4) is 11.5 Å². The molecule has 0 radical (unpaired) electrons. The van der Waals surface area contributed by atoms with E-state index in [2.05, 4.69) is 10.4 Å². The number of anilines is 1. The van der Waals surface area contributed by atoms with E-state index in [0.717, 1.165) is 17.7 Å². The Balaban J connectivity index is 1.66. The van der Waals surface area contributed by atoms with E-state index in [1.165, 1.54) is 30.1 Å². The van der Waals surface area contributed by atoms with Crippen LogP contribution in [0.3, 0.4) is 0 Å². The predicted octanol–water partition coefficient (Wildman–Crippen LogP) is 3.77. The summed E-state index contributed by atoms with van der Waals surface area (Å²) in [5.41, 5.74) is 1.65. The second-order valence-corrected chi connectivity index (χ2v) is 5.75. The quantitative estimate of drug-likeness (QED) is 0.714. The van der Waals surface area contributed by atoms with Crippen LogP contribution in [-0.2, 0) is 6.73 Å². The van der Waals surface area contributed by atoms with Crippen LogP contribution in [0.2, 0.25) is 0 Å². The highest BCUT2D eigenvalue weighted by atomic mass is 19.1. The molecular weight excluding hydrogens is 356 g/mol. The molecular formula is C19H17F2N3O3. The van der Waals surface area contributed by atoms with Gasteiger partial charge in [-0.25, -0.2) is 13.5 Å². The molecule has 1 amide bonds. The largest absolute Gasteiger partial charge is 0.495 e. The minimum Gasteiger partial charge on any atom is -0.495 e. The number of benzene rings is 2. The minimum atomic E-state index is -0.813. The fraction of sp³-hybridized carbons (Fsp3) is 0.158. The van der Waals surface area contributed by atoms with Gasteiger partial charge in [0.05, 0.1) is 12.8 Å². The number of hydrogen-bond acceptors (Lipinski definition) is 4. The molecule has 0 aliphatic heterocycles. The maximum Gasteiger partial charge on any atom is 0.276 e. The van der Waals surface area contributed by atoms with Gasteiger partial charge in [-0.3, -0.25) is 4.79 Å². The first-order valence-corrected chi connectivity index (χ1v) is 8.03. The van der Waals surface area contributed by atoms with E-state index < -0.39 is 17.5 Å². The van der Waals surface area contributed by atoms with Gasteiger partial charge in [0.25, 0.3) is 5.91 Å². The SMILES string of the molecule is COc1ccc(C)cc1NC(=O)c1ccn(COc2ccc(F)cc2F)n1. The Morgan fingerprint density at radius 1 is 1.15 bits per heavy atom. The molecule has 0 unspecified atom stereocenters. The van der Waals surface area contributed by atoms with Gasteiger partial charge in [-0.2, -0.15) is 5.10 Å². The van der Waals surface area contributed by atoms with Crippen molar-refractivity contribution in [1.29, 1.82) is 0 Å². The van der Waals surface area contributed by atoms with E-state index in [4.69, 9.17) is 9.47 Å². The van der Waals surface area contributed by atoms with Crippen LogP contribution >= 0.6 is 0 Å². The molecule has 0 fully saturated rings. The molecule has 8 heteroatoms. The van der Waals surface area contributed by atoms with Gasteiger partial charge < -0.3 is 14.8 Å². The van der Waals surface area contributed by atoms with Crippen LogP contribution in [0.25, 0.3) is 0 Å². The fourth-order valence-electron chi connectivity index (χ4n) is 2.39. The number of nitrogens with zero attached hydrogens (tertiary/aromatic N) is 2. The van der Waals surface area contributed by atoms with Crippen LogP contribution in [0.4, 0.5) is 14.5 Å². The third-order valence-electron chi connectivity index (χ3n) is 3.72. The van der Waals surface area contributed by atoms with E-state index in [-0.39, 0.29) is 18.2 Å². The van der Waals surface area contributed by atoms with Gasteiger partial charge in [-0.05, 0) is 42.8 Å². The topological polar surface area (TPSA) is 65.4 Å². The van der Waals surface area contributed by atoms with Gasteiger partial charge in [0.15, 0.2) is 24.0 Å². The number of aryl methyl sites for hydroxylation is 1. The van der Waals surface area contributed by atoms with Crippen LogP contribution in [0, 0.1) is 18.6 Å². The molecule has 3 rings (SSSR count). The average Bonchev–Trinajstić information content (AvgIpc) is 3.10. The van der Waals surface area contributed by atoms with Crippen molar-refractivity contribution in [1.82, 2.24) is 9.78 Å². The Morgan fingerprint density at radius 2 is 1.93 bits per heavy atom. The molecule has 0 aliphatic carbocycles. The molecule has 0 saturated heterocycles. The van der Waals surface area contributed by atoms with Gasteiger partial charge in [0.1, 0.15) is 11.6 Å². The van der Waals surface area contributed by atoms with Crippen molar-refractivity contribution >= 4 is 11.6 Å². The van der Waals surface area contributed by atoms with E-state index in [0.29, 0.717) is 11.4 Å². The highest BCUT2D eigenvalue weighted by molar-refractivity contribution is 6.03. The summed E-state index contributed by atoms with van der Waals surface area (Å²) >= 11 is 0. The normalized spacial score (nSPS) is 10.5. The third kappa shape index (κ3) is 4.41. The highest BCUT2D eigenvalue weighted by Gasteiger charge is 2.13. The molecule has 0 saturated carbocycles. The number of amides is 1. The Bertz CT molecular complexity index is 973. The summed E-state index contributed by atoms with van der Waals surface area (Å²) in [7, 11) is 1.51. The number of halogens is 2. The smallest absolute Gasteiger partial charge is 0.276 e. The summed E-state index contributed by atoms with van der Waals surface area (Å²) in [6.45, 7) is 1.76. The van der Waals surface area contributed by atoms with Gasteiger partial charge in [-0.15, -0.1) is 0 Å². The lowest BCUT2D eigenvalue weighted by Crippen LogP contribution is -2.15. The highest BCUT2D eigenvalue weighted by Crippen LogP contribution is 2.25. The van der Waals surface area contributed by atoms with E-state index in [1.807, 2.05) is 13.0 Å². The van der Waals surface area contributed by atoms with Gasteiger partial charge >= 0.3 is 0 Å². The summed E-state index contributed by atoms with van der Waals surface area (Å²) in [6, 6.07) is 9.92. The average molecular weight is 373 g/mol. The molecule has 2 aromatic carbocycles. The number of carbonyl (C=O) groups is 1. The summed E-state index contributed by atoms with van der Waals surface area (Å²) in [4.78, 5) is 12.4. The number of ether oxygens (including phenoxy) is 2. The Kier molecular flexibility index (Phi) is 5.35. The molecule has 0 bridgehead atoms. The van der Waals surface area contributed by atoms with Crippen molar-refractivity contribution in [2.24, 2.45) is 0 Å². The molecule has 0 atom stereocenters. The Morgan fingerprint density at radius 3 is 2.67 bits per heavy atom. The predicted molar refractivity (Wildman–Crippen MR) is 94.9 cm³/mol. The van der Waals surface area contributed by atoms with Crippen molar-refractivity contribution in [2.75, 3.05) is 12.4 Å². The zero-order valence-corrected chi connectivity index (χ0v) is 14.7. The van der Waals surface area contributed by atoms with E-state index >= 15 is 0 Å². The van der Waals surface area contributed by atoms with E-state index in [9.17, 15) is 13.6 Å². The second kappa shape index (κ2) is 7.86. The number of nitrogens with one attached hydrogen (secondary N) is 1. The second-order valence-electron chi connectivity index (χ2n) is 5.75. The van der Waals surface area contributed by atoms with Crippen molar-refractivity contribution in [2.45, 2.75) is 13.7 Å². The molecule has 1 aromatic heterocycles. The summed E-state index contributed by atoms with van der Waals surface area (Å²) in [6.07, 6.45) is 1.52. The summed E-state index contributed by atoms with van der Waals surface area (Å²) < 4.78 is 38.3. The number of aromatic nitrogens is 2. The molecule has 3 aromatic rings. The third-order valence-corrected chi connectivity index (χ3v) is 3.72. The van der Waals surface area contributed by atoms with Crippen molar-refractivity contribution in [3.05, 3.63) is 71.6 Å². The zero-order chi connectivity index (χ0) is 19.4. The monoisotopic (exact) mass is 373 g/mol. The molecule has 1 heterocycles. The number of rotatable bonds is 6. The van der Waals surface area contributed by atoms with Crippen LogP contribution in [0.1, 0.15) is 16.1 Å². The first-order valence-electron chi connectivity index (χ1n) is 8.03. The van der Waals surface area contributed by atoms with Crippen LogP contribution in [0.15, 0.2) is 48.7 Å². The minimum absolute atomic E-state index is 0.109. The van der Waals surface area contributed by atoms with Crippen LogP contribution in [0.5, 0.6) is 11.5 Å². The lowest BCUT2D eigenvalue weighted by atomic mass is 10.2. The fourth-order valence-corrected chi connectivity index (χ4v) is 2.39. The van der Waals surface area contributed by atoms with E-state index in [1.54, 1.807) is 12.1 Å². The molecule has 140 valence electrons. The van der Waals surface area contributed by atoms with Crippen molar-refractivity contribution < 1.29 is 23.0 Å². The lowest BCUT2D eigenvalue weighted by molar-refractivity contribution is 0.101. The molecule has 27 heavy (non-hydrogen) atoms. The van der Waals surface area contributed by atoms with Crippen LogP contribution in [-0.4, -0.2) is 22.8 Å². The maximum absolute atomic E-state index is 13.6. The van der Waals surface area contributed by atoms with Crippen molar-refractivity contribution in [3.63, 3.8) is 0 Å². The zero-order valence-electron chi connectivity index (χ0n) is 14.7. The Hall–Kier alpha value is -3.42.